The molecule has 0 fully saturated rings. The first kappa shape index (κ1) is 18.8. The third-order valence-corrected chi connectivity index (χ3v) is 6.49. The molecule has 0 saturated heterocycles. The van der Waals surface area contributed by atoms with Crippen molar-refractivity contribution in [1.29, 1.82) is 0 Å². The lowest BCUT2D eigenvalue weighted by Gasteiger charge is -2.16. The molecular weight excluding hydrogens is 394 g/mol. The van der Waals surface area contributed by atoms with Gasteiger partial charge in [0.1, 0.15) is 6.54 Å². The Bertz CT molecular complexity index is 1150. The Kier molecular flexibility index (Phi) is 4.71. The van der Waals surface area contributed by atoms with Crippen LogP contribution in [0.1, 0.15) is 39.9 Å². The molecular formula is C24H21N3O2S. The van der Waals surface area contributed by atoms with Gasteiger partial charge in [-0.2, -0.15) is 0 Å². The quantitative estimate of drug-likeness (QED) is 0.669. The number of hydrogen-bond acceptors (Lipinski definition) is 4. The molecule has 1 N–H and O–H groups in total. The molecule has 1 aliphatic carbocycles. The number of nitrogens with zero attached hydrogens (tertiary/aromatic N) is 2. The van der Waals surface area contributed by atoms with Crippen molar-refractivity contribution in [3.05, 3.63) is 76.7 Å². The van der Waals surface area contributed by atoms with Crippen LogP contribution >= 0.6 is 11.3 Å². The first-order valence-corrected chi connectivity index (χ1v) is 11.0. The minimum absolute atomic E-state index is 0.0832. The zero-order valence-corrected chi connectivity index (χ0v) is 17.3. The van der Waals surface area contributed by atoms with E-state index in [1.165, 1.54) is 40.2 Å². The number of rotatable bonds is 4. The summed E-state index contributed by atoms with van der Waals surface area (Å²) < 4.78 is 0. The number of fused-ring (bicyclic) bond motifs is 2. The monoisotopic (exact) mass is 415 g/mol. The van der Waals surface area contributed by atoms with Gasteiger partial charge in [0.05, 0.1) is 5.69 Å². The highest BCUT2D eigenvalue weighted by Crippen LogP contribution is 2.32. The van der Waals surface area contributed by atoms with Crippen molar-refractivity contribution in [3.63, 3.8) is 0 Å². The molecule has 5 rings (SSSR count). The predicted molar refractivity (Wildman–Crippen MR) is 119 cm³/mol. The number of aromatic nitrogens is 1. The second kappa shape index (κ2) is 7.54. The Morgan fingerprint density at radius 3 is 2.67 bits per heavy atom. The molecule has 2 aromatic carbocycles. The molecule has 0 saturated carbocycles. The normalized spacial score (nSPS) is 15.1. The number of carbonyl (C=O) groups excluding carboxylic acids is 2. The van der Waals surface area contributed by atoms with Crippen molar-refractivity contribution in [3.8, 4) is 11.3 Å². The molecule has 1 aliphatic heterocycles. The van der Waals surface area contributed by atoms with E-state index in [-0.39, 0.29) is 18.4 Å². The molecule has 2 aliphatic rings. The number of hydrogen-bond donors (Lipinski definition) is 1. The SMILES string of the molecule is C=C1c2ccccc2C(=O)N1CC(=O)Nc1nc(-c2ccc3c(c2)CCCC3)cs1. The van der Waals surface area contributed by atoms with Crippen LogP contribution in [-0.2, 0) is 17.6 Å². The zero-order chi connectivity index (χ0) is 20.7. The third kappa shape index (κ3) is 3.33. The van der Waals surface area contributed by atoms with Gasteiger partial charge < -0.3 is 5.32 Å². The van der Waals surface area contributed by atoms with E-state index in [1.54, 1.807) is 6.07 Å². The van der Waals surface area contributed by atoms with Crippen LogP contribution in [-0.4, -0.2) is 28.2 Å². The summed E-state index contributed by atoms with van der Waals surface area (Å²) in [4.78, 5) is 31.1. The van der Waals surface area contributed by atoms with Crippen LogP contribution in [0.5, 0.6) is 0 Å². The molecule has 3 aromatic rings. The smallest absolute Gasteiger partial charge is 0.259 e. The second-order valence-corrected chi connectivity index (χ2v) is 8.52. The van der Waals surface area contributed by atoms with Gasteiger partial charge in [0, 0.05) is 27.8 Å². The number of benzene rings is 2. The minimum atomic E-state index is -0.288. The number of carbonyl (C=O) groups is 2. The highest BCUT2D eigenvalue weighted by atomic mass is 32.1. The van der Waals surface area contributed by atoms with Gasteiger partial charge in [-0.05, 0) is 48.9 Å². The van der Waals surface area contributed by atoms with Crippen molar-refractivity contribution < 1.29 is 9.59 Å². The number of nitrogens with one attached hydrogen (secondary N) is 1. The van der Waals surface area contributed by atoms with Gasteiger partial charge in [-0.1, -0.05) is 36.9 Å². The topological polar surface area (TPSA) is 62.3 Å². The second-order valence-electron chi connectivity index (χ2n) is 7.66. The van der Waals surface area contributed by atoms with E-state index in [4.69, 9.17) is 0 Å². The van der Waals surface area contributed by atoms with Crippen LogP contribution in [0.2, 0.25) is 0 Å². The lowest BCUT2D eigenvalue weighted by atomic mass is 9.90. The van der Waals surface area contributed by atoms with E-state index < -0.39 is 0 Å². The molecule has 0 atom stereocenters. The molecule has 2 amide bonds. The highest BCUT2D eigenvalue weighted by Gasteiger charge is 2.32. The Labute approximate surface area is 179 Å². The molecule has 0 unspecified atom stereocenters. The Hall–Kier alpha value is -3.25. The van der Waals surface area contributed by atoms with Crippen molar-refractivity contribution in [1.82, 2.24) is 9.88 Å². The summed E-state index contributed by atoms with van der Waals surface area (Å²) in [6.45, 7) is 3.90. The molecule has 5 nitrogen and oxygen atoms in total. The standard InChI is InChI=1S/C24H21N3O2S/c1-15-19-8-4-5-9-20(19)23(29)27(15)13-22(28)26-24-25-21(14-30-24)18-11-10-16-6-2-3-7-17(16)12-18/h4-5,8-12,14H,1-3,6-7,13H2,(H,25,26,28). The molecule has 0 bridgehead atoms. The maximum absolute atomic E-state index is 12.6. The van der Waals surface area contributed by atoms with E-state index in [9.17, 15) is 9.59 Å². The minimum Gasteiger partial charge on any atom is -0.300 e. The van der Waals surface area contributed by atoms with Gasteiger partial charge in [-0.25, -0.2) is 4.98 Å². The van der Waals surface area contributed by atoms with Crippen molar-refractivity contribution in [2.45, 2.75) is 25.7 Å². The summed E-state index contributed by atoms with van der Waals surface area (Å²) in [5.41, 5.74) is 6.69. The van der Waals surface area contributed by atoms with Crippen LogP contribution in [0.25, 0.3) is 17.0 Å². The number of amides is 2. The van der Waals surface area contributed by atoms with Crippen LogP contribution in [0.3, 0.4) is 0 Å². The van der Waals surface area contributed by atoms with E-state index >= 15 is 0 Å². The predicted octanol–water partition coefficient (Wildman–Crippen LogP) is 4.75. The van der Waals surface area contributed by atoms with Crippen LogP contribution in [0.4, 0.5) is 5.13 Å². The van der Waals surface area contributed by atoms with Crippen molar-refractivity contribution in [2.24, 2.45) is 0 Å². The molecule has 2 heterocycles. The molecule has 0 spiro atoms. The average molecular weight is 416 g/mol. The van der Waals surface area contributed by atoms with E-state index in [1.807, 2.05) is 23.6 Å². The summed E-state index contributed by atoms with van der Waals surface area (Å²) >= 11 is 1.39. The molecule has 1 aromatic heterocycles. The summed E-state index contributed by atoms with van der Waals surface area (Å²) in [5.74, 6) is -0.483. The number of aryl methyl sites for hydroxylation is 2. The van der Waals surface area contributed by atoms with Gasteiger partial charge in [0.25, 0.3) is 5.91 Å². The van der Waals surface area contributed by atoms with Gasteiger partial charge in [-0.3, -0.25) is 14.5 Å². The Morgan fingerprint density at radius 2 is 1.87 bits per heavy atom. The van der Waals surface area contributed by atoms with Crippen molar-refractivity contribution in [2.75, 3.05) is 11.9 Å². The molecule has 30 heavy (non-hydrogen) atoms. The van der Waals surface area contributed by atoms with Crippen LogP contribution < -0.4 is 5.32 Å². The Balaban J connectivity index is 1.27. The van der Waals surface area contributed by atoms with Gasteiger partial charge in [0.15, 0.2) is 5.13 Å². The van der Waals surface area contributed by atoms with Crippen molar-refractivity contribution >= 4 is 34.0 Å². The number of thiazole rings is 1. The summed E-state index contributed by atoms with van der Waals surface area (Å²) in [6, 6.07) is 13.8. The largest absolute Gasteiger partial charge is 0.300 e. The molecule has 150 valence electrons. The summed E-state index contributed by atoms with van der Waals surface area (Å²) in [7, 11) is 0. The lowest BCUT2D eigenvalue weighted by molar-refractivity contribution is -0.116. The average Bonchev–Trinajstić information content (AvgIpc) is 3.32. The van der Waals surface area contributed by atoms with Gasteiger partial charge in [0.2, 0.25) is 5.91 Å². The van der Waals surface area contributed by atoms with Crippen LogP contribution in [0.15, 0.2) is 54.4 Å². The fraction of sp³-hybridized carbons (Fsp3) is 0.208. The fourth-order valence-electron chi connectivity index (χ4n) is 4.16. The van der Waals surface area contributed by atoms with Gasteiger partial charge >= 0.3 is 0 Å². The van der Waals surface area contributed by atoms with Gasteiger partial charge in [-0.15, -0.1) is 11.3 Å². The maximum Gasteiger partial charge on any atom is 0.259 e. The maximum atomic E-state index is 12.6. The highest BCUT2D eigenvalue weighted by molar-refractivity contribution is 7.14. The van der Waals surface area contributed by atoms with E-state index in [2.05, 4.69) is 35.1 Å². The number of anilines is 1. The van der Waals surface area contributed by atoms with E-state index in [0.29, 0.717) is 16.4 Å². The van der Waals surface area contributed by atoms with E-state index in [0.717, 1.165) is 29.7 Å². The van der Waals surface area contributed by atoms with Crippen LogP contribution in [0, 0.1) is 0 Å². The Morgan fingerprint density at radius 1 is 1.10 bits per heavy atom. The summed E-state index contributed by atoms with van der Waals surface area (Å²) in [6.07, 6.45) is 4.76. The lowest BCUT2D eigenvalue weighted by Crippen LogP contribution is -2.32. The molecule has 6 heteroatoms. The zero-order valence-electron chi connectivity index (χ0n) is 16.5. The first-order chi connectivity index (χ1) is 14.6. The third-order valence-electron chi connectivity index (χ3n) is 5.74. The first-order valence-electron chi connectivity index (χ1n) is 10.1. The fourth-order valence-corrected chi connectivity index (χ4v) is 4.90. The molecule has 0 radical (unpaired) electrons. The summed E-state index contributed by atoms with van der Waals surface area (Å²) in [5, 5.41) is 5.31.